The lowest BCUT2D eigenvalue weighted by molar-refractivity contribution is -0.155. The van der Waals surface area contributed by atoms with E-state index >= 15 is 0 Å². The van der Waals surface area contributed by atoms with Crippen molar-refractivity contribution in [2.45, 2.75) is 68.0 Å². The number of nitrogens with zero attached hydrogens (tertiary/aromatic N) is 1. The van der Waals surface area contributed by atoms with Crippen LogP contribution in [0.4, 0.5) is 13.2 Å². The summed E-state index contributed by atoms with van der Waals surface area (Å²) in [6.45, 7) is -0.584. The summed E-state index contributed by atoms with van der Waals surface area (Å²) in [5.74, 6) is 0.509. The molecule has 1 aromatic carbocycles. The SMILES string of the molecule is O=C(COC(=O)C1CCN(S(=O)(=O)c2ccccc2C(F)(F)F)CC1)NC12CC3CC(CC(C3)C1)C2. The molecule has 1 saturated heterocycles. The second-order valence-electron chi connectivity index (χ2n) is 11.0. The van der Waals surface area contributed by atoms with Crippen LogP contribution in [-0.2, 0) is 30.5 Å². The van der Waals surface area contributed by atoms with Crippen LogP contribution in [0.5, 0.6) is 0 Å². The predicted octanol–water partition coefficient (Wildman–Crippen LogP) is 3.73. The topological polar surface area (TPSA) is 92.8 Å². The largest absolute Gasteiger partial charge is 0.455 e. The lowest BCUT2D eigenvalue weighted by Gasteiger charge is -2.56. The Balaban J connectivity index is 1.13. The van der Waals surface area contributed by atoms with Gasteiger partial charge in [-0.2, -0.15) is 17.5 Å². The van der Waals surface area contributed by atoms with E-state index in [1.165, 1.54) is 25.3 Å². The highest BCUT2D eigenvalue weighted by molar-refractivity contribution is 7.89. The van der Waals surface area contributed by atoms with Gasteiger partial charge in [0.25, 0.3) is 5.91 Å². The van der Waals surface area contributed by atoms with Crippen molar-refractivity contribution in [1.29, 1.82) is 0 Å². The summed E-state index contributed by atoms with van der Waals surface area (Å²) in [6.07, 6.45) is 2.14. The summed E-state index contributed by atoms with van der Waals surface area (Å²) in [5, 5.41) is 3.15. The minimum absolute atomic E-state index is 0.103. The standard InChI is InChI=1S/C25H31F3N2O5S/c26-25(27,28)20-3-1-2-4-21(20)36(33,34)30-7-5-19(6-8-30)23(32)35-15-22(31)29-24-12-16-9-17(13-24)11-18(10-16)14-24/h1-4,16-19H,5-15H2,(H,29,31). The van der Waals surface area contributed by atoms with E-state index in [0.29, 0.717) is 17.8 Å². The zero-order valence-electron chi connectivity index (χ0n) is 19.9. The summed E-state index contributed by atoms with van der Waals surface area (Å²) >= 11 is 0. The van der Waals surface area contributed by atoms with Crippen LogP contribution in [0.15, 0.2) is 29.2 Å². The summed E-state index contributed by atoms with van der Waals surface area (Å²) in [4.78, 5) is 24.4. The molecule has 11 heteroatoms. The molecular weight excluding hydrogens is 497 g/mol. The molecule has 1 heterocycles. The minimum Gasteiger partial charge on any atom is -0.455 e. The number of nitrogens with one attached hydrogen (secondary N) is 1. The maximum absolute atomic E-state index is 13.3. The maximum Gasteiger partial charge on any atom is 0.417 e. The summed E-state index contributed by atoms with van der Waals surface area (Å²) in [6, 6.07) is 4.08. The number of carbonyl (C=O) groups is 2. The van der Waals surface area contributed by atoms with Gasteiger partial charge in [0, 0.05) is 18.6 Å². The molecule has 0 unspecified atom stereocenters. The Kier molecular flexibility index (Phi) is 6.60. The third-order valence-corrected chi connectivity index (χ3v) is 10.3. The third kappa shape index (κ3) is 5.01. The van der Waals surface area contributed by atoms with Crippen molar-refractivity contribution in [1.82, 2.24) is 9.62 Å². The molecule has 5 fully saturated rings. The highest BCUT2D eigenvalue weighted by atomic mass is 32.2. The van der Waals surface area contributed by atoms with Gasteiger partial charge in [-0.3, -0.25) is 9.59 Å². The molecule has 1 aromatic rings. The Morgan fingerprint density at radius 2 is 1.56 bits per heavy atom. The summed E-state index contributed by atoms with van der Waals surface area (Å²) in [5.41, 5.74) is -1.39. The molecule has 0 aromatic heterocycles. The van der Waals surface area contributed by atoms with Crippen LogP contribution in [0.2, 0.25) is 0 Å². The van der Waals surface area contributed by atoms with Crippen LogP contribution in [-0.4, -0.2) is 49.8 Å². The first kappa shape index (κ1) is 25.5. The molecule has 4 bridgehead atoms. The van der Waals surface area contributed by atoms with Crippen molar-refractivity contribution >= 4 is 21.9 Å². The quantitative estimate of drug-likeness (QED) is 0.568. The van der Waals surface area contributed by atoms with Crippen LogP contribution in [0, 0.1) is 23.7 Å². The van der Waals surface area contributed by atoms with Crippen LogP contribution in [0.25, 0.3) is 0 Å². The minimum atomic E-state index is -4.80. The number of piperidine rings is 1. The highest BCUT2D eigenvalue weighted by Crippen LogP contribution is 2.55. The van der Waals surface area contributed by atoms with Crippen molar-refractivity contribution < 1.29 is 35.9 Å². The number of hydrogen-bond donors (Lipinski definition) is 1. The molecule has 0 atom stereocenters. The number of rotatable bonds is 6. The Morgan fingerprint density at radius 3 is 2.11 bits per heavy atom. The molecule has 1 aliphatic heterocycles. The smallest absolute Gasteiger partial charge is 0.417 e. The highest BCUT2D eigenvalue weighted by Gasteiger charge is 2.51. The monoisotopic (exact) mass is 528 g/mol. The van der Waals surface area contributed by atoms with Gasteiger partial charge in [0.05, 0.1) is 16.4 Å². The molecule has 4 saturated carbocycles. The van der Waals surface area contributed by atoms with Gasteiger partial charge in [0.15, 0.2) is 6.61 Å². The fourth-order valence-corrected chi connectivity index (χ4v) is 8.93. The number of amides is 1. The normalized spacial score (nSPS) is 30.8. The van der Waals surface area contributed by atoms with E-state index in [0.717, 1.165) is 41.8 Å². The van der Waals surface area contributed by atoms with Crippen LogP contribution in [0.1, 0.15) is 56.9 Å². The molecule has 5 aliphatic rings. The Labute approximate surface area is 208 Å². The predicted molar refractivity (Wildman–Crippen MR) is 123 cm³/mol. The number of hydrogen-bond acceptors (Lipinski definition) is 5. The second kappa shape index (κ2) is 9.31. The molecule has 0 radical (unpaired) electrons. The zero-order valence-corrected chi connectivity index (χ0v) is 20.7. The average Bonchev–Trinajstić information content (AvgIpc) is 2.81. The number of carbonyl (C=O) groups excluding carboxylic acids is 2. The number of benzene rings is 1. The van der Waals surface area contributed by atoms with Crippen molar-refractivity contribution in [3.8, 4) is 0 Å². The molecule has 1 amide bonds. The number of ether oxygens (including phenoxy) is 1. The van der Waals surface area contributed by atoms with Crippen molar-refractivity contribution in [2.75, 3.05) is 19.7 Å². The van der Waals surface area contributed by atoms with Crippen molar-refractivity contribution in [3.63, 3.8) is 0 Å². The Hall–Kier alpha value is -2.14. The number of esters is 1. The van der Waals surface area contributed by atoms with Gasteiger partial charge < -0.3 is 10.1 Å². The van der Waals surface area contributed by atoms with Gasteiger partial charge in [-0.1, -0.05) is 12.1 Å². The van der Waals surface area contributed by atoms with E-state index in [2.05, 4.69) is 5.32 Å². The fraction of sp³-hybridized carbons (Fsp3) is 0.680. The van der Waals surface area contributed by atoms with E-state index in [-0.39, 0.29) is 44.0 Å². The van der Waals surface area contributed by atoms with E-state index in [1.807, 2.05) is 0 Å². The van der Waals surface area contributed by atoms with Crippen molar-refractivity contribution in [3.05, 3.63) is 29.8 Å². The Morgan fingerprint density at radius 1 is 1.00 bits per heavy atom. The number of alkyl halides is 3. The van der Waals surface area contributed by atoms with E-state index in [1.54, 1.807) is 0 Å². The molecule has 7 nitrogen and oxygen atoms in total. The lowest BCUT2D eigenvalue weighted by atomic mass is 9.53. The van der Waals surface area contributed by atoms with Crippen LogP contribution >= 0.6 is 0 Å². The third-order valence-electron chi connectivity index (χ3n) is 8.39. The fourth-order valence-electron chi connectivity index (χ4n) is 7.25. The molecule has 6 rings (SSSR count). The Bertz CT molecular complexity index is 1090. The summed E-state index contributed by atoms with van der Waals surface area (Å²) < 4.78 is 72.0. The first-order valence-electron chi connectivity index (χ1n) is 12.6. The summed E-state index contributed by atoms with van der Waals surface area (Å²) in [7, 11) is -4.38. The van der Waals surface area contributed by atoms with Gasteiger partial charge in [-0.15, -0.1) is 0 Å². The van der Waals surface area contributed by atoms with Gasteiger partial charge >= 0.3 is 12.1 Å². The van der Waals surface area contributed by atoms with Gasteiger partial charge in [-0.25, -0.2) is 8.42 Å². The number of halogens is 3. The zero-order chi connectivity index (χ0) is 25.7. The molecule has 36 heavy (non-hydrogen) atoms. The first-order valence-corrected chi connectivity index (χ1v) is 14.0. The van der Waals surface area contributed by atoms with Gasteiger partial charge in [0.2, 0.25) is 10.0 Å². The van der Waals surface area contributed by atoms with E-state index in [9.17, 15) is 31.2 Å². The van der Waals surface area contributed by atoms with Crippen LogP contribution in [0.3, 0.4) is 0 Å². The van der Waals surface area contributed by atoms with Gasteiger partial charge in [0.1, 0.15) is 0 Å². The molecule has 198 valence electrons. The molecule has 1 N–H and O–H groups in total. The maximum atomic E-state index is 13.3. The average molecular weight is 529 g/mol. The van der Waals surface area contributed by atoms with Crippen LogP contribution < -0.4 is 5.32 Å². The van der Waals surface area contributed by atoms with E-state index < -0.39 is 38.5 Å². The molecule has 4 aliphatic carbocycles. The number of sulfonamides is 1. The first-order chi connectivity index (χ1) is 17.0. The van der Waals surface area contributed by atoms with Crippen molar-refractivity contribution in [2.24, 2.45) is 23.7 Å². The van der Waals surface area contributed by atoms with Gasteiger partial charge in [-0.05, 0) is 81.3 Å². The second-order valence-corrected chi connectivity index (χ2v) is 12.9. The van der Waals surface area contributed by atoms with E-state index in [4.69, 9.17) is 4.74 Å². The lowest BCUT2D eigenvalue weighted by Crippen LogP contribution is -2.60. The molecule has 0 spiro atoms. The molecular formula is C25H31F3N2O5S.